The van der Waals surface area contributed by atoms with Crippen molar-refractivity contribution in [2.45, 2.75) is 39.7 Å². The molecule has 0 heterocycles. The van der Waals surface area contributed by atoms with Crippen molar-refractivity contribution < 1.29 is 4.74 Å². The second-order valence-corrected chi connectivity index (χ2v) is 4.32. The number of methoxy groups -OCH3 is 1. The van der Waals surface area contributed by atoms with E-state index in [1.165, 1.54) is 11.1 Å². The fourth-order valence-corrected chi connectivity index (χ4v) is 2.06. The summed E-state index contributed by atoms with van der Waals surface area (Å²) >= 11 is 0. The Kier molecular flexibility index (Phi) is 6.32. The second kappa shape index (κ2) is 7.79. The van der Waals surface area contributed by atoms with E-state index >= 15 is 0 Å². The van der Waals surface area contributed by atoms with E-state index in [0.717, 1.165) is 25.1 Å². The molecule has 0 radical (unpaired) electrons. The molecule has 18 heavy (non-hydrogen) atoms. The van der Waals surface area contributed by atoms with Gasteiger partial charge >= 0.3 is 0 Å². The summed E-state index contributed by atoms with van der Waals surface area (Å²) < 4.78 is 5.48. The van der Waals surface area contributed by atoms with E-state index in [1.807, 2.05) is 6.92 Å². The minimum atomic E-state index is 0.311. The molecule has 0 aliphatic rings. The molecule has 2 heteroatoms. The standard InChI is InChI=1S/C16H23NO/c1-5-7-8-9-15(17-6-2)14-11-10-13(3)12-16(14)18-4/h10-12,15,17H,6,8-9H2,1-4H3. The quantitative estimate of drug-likeness (QED) is 0.775. The number of benzene rings is 1. The molecule has 1 aromatic rings. The van der Waals surface area contributed by atoms with Crippen molar-refractivity contribution in [2.24, 2.45) is 0 Å². The minimum Gasteiger partial charge on any atom is -0.496 e. The lowest BCUT2D eigenvalue weighted by atomic mass is 9.99. The molecule has 1 N–H and O–H groups in total. The summed E-state index contributed by atoms with van der Waals surface area (Å²) in [5.74, 6) is 7.03. The highest BCUT2D eigenvalue weighted by atomic mass is 16.5. The molecule has 0 amide bonds. The van der Waals surface area contributed by atoms with Crippen LogP contribution in [-0.2, 0) is 0 Å². The van der Waals surface area contributed by atoms with Gasteiger partial charge in [0.2, 0.25) is 0 Å². The molecular weight excluding hydrogens is 222 g/mol. The molecule has 0 fully saturated rings. The van der Waals surface area contributed by atoms with Crippen LogP contribution in [0.3, 0.4) is 0 Å². The fraction of sp³-hybridized carbons (Fsp3) is 0.500. The Balaban J connectivity index is 2.91. The van der Waals surface area contributed by atoms with Crippen LogP contribution < -0.4 is 10.1 Å². The van der Waals surface area contributed by atoms with Crippen LogP contribution in [0.15, 0.2) is 18.2 Å². The summed E-state index contributed by atoms with van der Waals surface area (Å²) in [5.41, 5.74) is 2.45. The average molecular weight is 245 g/mol. The van der Waals surface area contributed by atoms with E-state index in [0.29, 0.717) is 6.04 Å². The number of rotatable bonds is 6. The van der Waals surface area contributed by atoms with Crippen molar-refractivity contribution in [3.05, 3.63) is 29.3 Å². The van der Waals surface area contributed by atoms with E-state index in [1.54, 1.807) is 7.11 Å². The molecular formula is C16H23NO. The van der Waals surface area contributed by atoms with E-state index in [9.17, 15) is 0 Å². The van der Waals surface area contributed by atoms with Gasteiger partial charge in [0.15, 0.2) is 0 Å². The number of ether oxygens (including phenoxy) is 1. The van der Waals surface area contributed by atoms with Crippen molar-refractivity contribution in [1.29, 1.82) is 0 Å². The molecule has 0 spiro atoms. The van der Waals surface area contributed by atoms with Gasteiger partial charge in [0.1, 0.15) is 5.75 Å². The Morgan fingerprint density at radius 2 is 2.17 bits per heavy atom. The number of hydrogen-bond acceptors (Lipinski definition) is 2. The zero-order valence-electron chi connectivity index (χ0n) is 11.8. The van der Waals surface area contributed by atoms with Gasteiger partial charge in [0.25, 0.3) is 0 Å². The van der Waals surface area contributed by atoms with E-state index in [2.05, 4.69) is 49.2 Å². The molecule has 0 aromatic heterocycles. The summed E-state index contributed by atoms with van der Waals surface area (Å²) in [5, 5.41) is 3.50. The minimum absolute atomic E-state index is 0.311. The van der Waals surface area contributed by atoms with Gasteiger partial charge in [-0.1, -0.05) is 19.1 Å². The van der Waals surface area contributed by atoms with Gasteiger partial charge < -0.3 is 10.1 Å². The van der Waals surface area contributed by atoms with E-state index in [-0.39, 0.29) is 0 Å². The third-order valence-corrected chi connectivity index (χ3v) is 2.95. The number of hydrogen-bond donors (Lipinski definition) is 1. The molecule has 0 bridgehead atoms. The summed E-state index contributed by atoms with van der Waals surface area (Å²) in [7, 11) is 1.73. The number of nitrogens with one attached hydrogen (secondary N) is 1. The fourth-order valence-electron chi connectivity index (χ4n) is 2.06. The van der Waals surface area contributed by atoms with Gasteiger partial charge in [0, 0.05) is 18.0 Å². The summed E-state index contributed by atoms with van der Waals surface area (Å²) in [4.78, 5) is 0. The summed E-state index contributed by atoms with van der Waals surface area (Å²) in [6, 6.07) is 6.69. The third-order valence-electron chi connectivity index (χ3n) is 2.95. The van der Waals surface area contributed by atoms with E-state index in [4.69, 9.17) is 4.74 Å². The normalized spacial score (nSPS) is 11.6. The largest absolute Gasteiger partial charge is 0.496 e. The van der Waals surface area contributed by atoms with Crippen LogP contribution in [0.4, 0.5) is 0 Å². The highest BCUT2D eigenvalue weighted by molar-refractivity contribution is 5.39. The molecule has 0 saturated carbocycles. The number of aryl methyl sites for hydroxylation is 1. The maximum atomic E-state index is 5.48. The zero-order chi connectivity index (χ0) is 13.4. The molecule has 0 saturated heterocycles. The maximum absolute atomic E-state index is 5.48. The van der Waals surface area contributed by atoms with Crippen LogP contribution >= 0.6 is 0 Å². The lowest BCUT2D eigenvalue weighted by Crippen LogP contribution is -2.21. The van der Waals surface area contributed by atoms with Gasteiger partial charge in [-0.05, 0) is 38.4 Å². The highest BCUT2D eigenvalue weighted by Gasteiger charge is 2.14. The average Bonchev–Trinajstić information content (AvgIpc) is 2.38. The predicted molar refractivity (Wildman–Crippen MR) is 76.8 cm³/mol. The molecule has 1 rings (SSSR count). The van der Waals surface area contributed by atoms with Crippen LogP contribution in [-0.4, -0.2) is 13.7 Å². The van der Waals surface area contributed by atoms with E-state index < -0.39 is 0 Å². The molecule has 1 atom stereocenters. The summed E-state index contributed by atoms with van der Waals surface area (Å²) in [6.45, 7) is 7.03. The first-order valence-electron chi connectivity index (χ1n) is 6.50. The SMILES string of the molecule is CC#CCCC(NCC)c1ccc(C)cc1OC. The predicted octanol–water partition coefficient (Wildman–Crippen LogP) is 3.46. The van der Waals surface area contributed by atoms with Gasteiger partial charge in [0.05, 0.1) is 7.11 Å². The molecule has 98 valence electrons. The van der Waals surface area contributed by atoms with Gasteiger partial charge in [-0.15, -0.1) is 11.8 Å². The zero-order valence-corrected chi connectivity index (χ0v) is 11.8. The Morgan fingerprint density at radius 1 is 1.39 bits per heavy atom. The van der Waals surface area contributed by atoms with Gasteiger partial charge in [-0.2, -0.15) is 0 Å². The van der Waals surface area contributed by atoms with Crippen LogP contribution in [0.5, 0.6) is 5.75 Å². The van der Waals surface area contributed by atoms with Crippen molar-refractivity contribution in [3.63, 3.8) is 0 Å². The van der Waals surface area contributed by atoms with Crippen molar-refractivity contribution >= 4 is 0 Å². The van der Waals surface area contributed by atoms with Crippen LogP contribution in [0, 0.1) is 18.8 Å². The monoisotopic (exact) mass is 245 g/mol. The highest BCUT2D eigenvalue weighted by Crippen LogP contribution is 2.28. The molecule has 0 aliphatic carbocycles. The first kappa shape index (κ1) is 14.6. The van der Waals surface area contributed by atoms with Crippen LogP contribution in [0.1, 0.15) is 43.9 Å². The Morgan fingerprint density at radius 3 is 2.78 bits per heavy atom. The smallest absolute Gasteiger partial charge is 0.123 e. The van der Waals surface area contributed by atoms with Gasteiger partial charge in [-0.25, -0.2) is 0 Å². The first-order chi connectivity index (χ1) is 8.72. The molecule has 0 aliphatic heterocycles. The Hall–Kier alpha value is -1.46. The van der Waals surface area contributed by atoms with Gasteiger partial charge in [-0.3, -0.25) is 0 Å². The van der Waals surface area contributed by atoms with Crippen LogP contribution in [0.2, 0.25) is 0 Å². The third kappa shape index (κ3) is 4.09. The maximum Gasteiger partial charge on any atom is 0.123 e. The van der Waals surface area contributed by atoms with Crippen molar-refractivity contribution in [3.8, 4) is 17.6 Å². The lowest BCUT2D eigenvalue weighted by Gasteiger charge is -2.20. The lowest BCUT2D eigenvalue weighted by molar-refractivity contribution is 0.396. The van der Waals surface area contributed by atoms with Crippen molar-refractivity contribution in [2.75, 3.05) is 13.7 Å². The van der Waals surface area contributed by atoms with Crippen molar-refractivity contribution in [1.82, 2.24) is 5.32 Å². The molecule has 2 nitrogen and oxygen atoms in total. The first-order valence-corrected chi connectivity index (χ1v) is 6.50. The Labute approximate surface area is 111 Å². The Bertz CT molecular complexity index is 428. The topological polar surface area (TPSA) is 21.3 Å². The molecule has 1 unspecified atom stereocenters. The second-order valence-electron chi connectivity index (χ2n) is 4.32. The van der Waals surface area contributed by atoms with Crippen LogP contribution in [0.25, 0.3) is 0 Å². The summed E-state index contributed by atoms with van der Waals surface area (Å²) in [6.07, 6.45) is 1.92. The molecule has 1 aromatic carbocycles.